The molecular formula is C33H36FN3O. The highest BCUT2D eigenvalue weighted by Crippen LogP contribution is 2.26. The highest BCUT2D eigenvalue weighted by molar-refractivity contribution is 5.96. The van der Waals surface area contributed by atoms with Crippen LogP contribution in [0, 0.1) is 23.1 Å². The third-order valence-electron chi connectivity index (χ3n) is 8.14. The number of hydrogen-bond acceptors (Lipinski definition) is 4. The van der Waals surface area contributed by atoms with Gasteiger partial charge in [0.25, 0.3) is 0 Å². The molecule has 196 valence electrons. The second-order valence-corrected chi connectivity index (χ2v) is 10.9. The normalized spacial score (nSPS) is 16.9. The molecule has 2 heterocycles. The lowest BCUT2D eigenvalue weighted by Gasteiger charge is -2.32. The lowest BCUT2D eigenvalue weighted by atomic mass is 9.89. The average molecular weight is 510 g/mol. The maximum Gasteiger partial charge on any atom is 0.162 e. The van der Waals surface area contributed by atoms with Crippen molar-refractivity contribution in [1.82, 2.24) is 9.80 Å². The maximum absolute atomic E-state index is 13.3. The number of nitrogens with zero attached hydrogens (tertiary/aromatic N) is 3. The molecule has 3 aromatic rings. The number of rotatable bonds is 8. The highest BCUT2D eigenvalue weighted by atomic mass is 19.1. The van der Waals surface area contributed by atoms with Crippen LogP contribution in [0.4, 0.5) is 4.39 Å². The fraction of sp³-hybridized carbons (Fsp3) is 0.394. The molecule has 0 bridgehead atoms. The number of carbonyl (C=O) groups is 1. The summed E-state index contributed by atoms with van der Waals surface area (Å²) < 4.78 is 13.3. The Morgan fingerprint density at radius 1 is 0.868 bits per heavy atom. The number of nitriles is 1. The van der Waals surface area contributed by atoms with E-state index in [4.69, 9.17) is 5.26 Å². The van der Waals surface area contributed by atoms with E-state index in [-0.39, 0.29) is 11.6 Å². The summed E-state index contributed by atoms with van der Waals surface area (Å²) in [7, 11) is 0. The third-order valence-corrected chi connectivity index (χ3v) is 8.14. The van der Waals surface area contributed by atoms with Crippen LogP contribution in [0.5, 0.6) is 0 Å². The number of carbonyl (C=O) groups excluding carboxylic acids is 1. The summed E-state index contributed by atoms with van der Waals surface area (Å²) in [5, 5.41) is 8.98. The van der Waals surface area contributed by atoms with Crippen LogP contribution >= 0.6 is 0 Å². The molecule has 0 aliphatic carbocycles. The van der Waals surface area contributed by atoms with Crippen molar-refractivity contribution in [3.05, 3.63) is 106 Å². The Morgan fingerprint density at radius 2 is 1.55 bits per heavy atom. The van der Waals surface area contributed by atoms with Gasteiger partial charge in [-0.25, -0.2) is 4.39 Å². The minimum Gasteiger partial charge on any atom is -0.299 e. The molecule has 0 radical (unpaired) electrons. The predicted molar refractivity (Wildman–Crippen MR) is 148 cm³/mol. The number of aryl methyl sites for hydroxylation is 1. The van der Waals surface area contributed by atoms with Gasteiger partial charge < -0.3 is 0 Å². The van der Waals surface area contributed by atoms with Crippen molar-refractivity contribution in [1.29, 1.82) is 5.26 Å². The molecule has 2 aliphatic rings. The smallest absolute Gasteiger partial charge is 0.162 e. The van der Waals surface area contributed by atoms with Gasteiger partial charge >= 0.3 is 0 Å². The molecule has 5 heteroatoms. The van der Waals surface area contributed by atoms with E-state index in [1.165, 1.54) is 28.8 Å². The van der Waals surface area contributed by atoms with E-state index in [1.54, 1.807) is 0 Å². The Morgan fingerprint density at radius 3 is 2.26 bits per heavy atom. The fourth-order valence-corrected chi connectivity index (χ4v) is 5.84. The van der Waals surface area contributed by atoms with Gasteiger partial charge in [0.2, 0.25) is 0 Å². The molecule has 0 unspecified atom stereocenters. The van der Waals surface area contributed by atoms with Crippen LogP contribution in [0.15, 0.2) is 66.7 Å². The first-order valence-electron chi connectivity index (χ1n) is 13.9. The Labute approximate surface area is 225 Å². The molecule has 2 aliphatic heterocycles. The molecule has 0 N–H and O–H groups in total. The van der Waals surface area contributed by atoms with Crippen molar-refractivity contribution in [3.63, 3.8) is 0 Å². The number of hydrogen-bond donors (Lipinski definition) is 0. The van der Waals surface area contributed by atoms with Crippen LogP contribution in [-0.2, 0) is 26.1 Å². The van der Waals surface area contributed by atoms with Gasteiger partial charge in [-0.1, -0.05) is 36.4 Å². The predicted octanol–water partition coefficient (Wildman–Crippen LogP) is 6.52. The zero-order chi connectivity index (χ0) is 26.3. The molecule has 0 aromatic heterocycles. The number of piperidine rings is 1. The molecule has 0 saturated carbocycles. The number of ketones is 1. The molecule has 5 rings (SSSR count). The summed E-state index contributed by atoms with van der Waals surface area (Å²) in [4.78, 5) is 18.0. The van der Waals surface area contributed by atoms with Gasteiger partial charge in [-0.2, -0.15) is 5.26 Å². The van der Waals surface area contributed by atoms with Gasteiger partial charge in [0.15, 0.2) is 5.78 Å². The van der Waals surface area contributed by atoms with Crippen molar-refractivity contribution in [2.75, 3.05) is 19.6 Å². The molecule has 1 fully saturated rings. The molecule has 38 heavy (non-hydrogen) atoms. The first-order valence-corrected chi connectivity index (χ1v) is 13.9. The standard InChI is InChI=1S/C33H36FN3O/c34-32-12-7-28(8-13-32)23-37-17-1-2-29-10-11-30(20-31(29)24-37)33(38)14-9-25-15-18-36(19-16-25)22-27-5-3-26(21-35)4-6-27/h3-8,10-13,20,25H,1-2,9,14-19,22-24H2. The lowest BCUT2D eigenvalue weighted by molar-refractivity contribution is 0.0961. The summed E-state index contributed by atoms with van der Waals surface area (Å²) in [6.45, 7) is 5.65. The van der Waals surface area contributed by atoms with Crippen LogP contribution in [0.1, 0.15) is 70.3 Å². The van der Waals surface area contributed by atoms with Crippen LogP contribution < -0.4 is 0 Å². The van der Waals surface area contributed by atoms with Crippen LogP contribution in [0.2, 0.25) is 0 Å². The van der Waals surface area contributed by atoms with Gasteiger partial charge in [-0.15, -0.1) is 0 Å². The molecular weight excluding hydrogens is 473 g/mol. The van der Waals surface area contributed by atoms with E-state index in [9.17, 15) is 9.18 Å². The zero-order valence-electron chi connectivity index (χ0n) is 22.0. The molecule has 0 spiro atoms. The lowest BCUT2D eigenvalue weighted by Crippen LogP contribution is -2.33. The molecule has 4 nitrogen and oxygen atoms in total. The largest absolute Gasteiger partial charge is 0.299 e. The molecule has 3 aromatic carbocycles. The fourth-order valence-electron chi connectivity index (χ4n) is 5.84. The van der Waals surface area contributed by atoms with Crippen molar-refractivity contribution < 1.29 is 9.18 Å². The van der Waals surface area contributed by atoms with Crippen LogP contribution in [0.25, 0.3) is 0 Å². The Bertz CT molecular complexity index is 1270. The van der Waals surface area contributed by atoms with E-state index < -0.39 is 0 Å². The summed E-state index contributed by atoms with van der Waals surface area (Å²) >= 11 is 0. The number of likely N-dealkylation sites (tertiary alicyclic amines) is 1. The van der Waals surface area contributed by atoms with E-state index in [0.29, 0.717) is 17.9 Å². The zero-order valence-corrected chi connectivity index (χ0v) is 22.0. The number of benzene rings is 3. The van der Waals surface area contributed by atoms with Gasteiger partial charge in [0.05, 0.1) is 11.6 Å². The maximum atomic E-state index is 13.3. The summed E-state index contributed by atoms with van der Waals surface area (Å²) in [6, 6.07) is 23.1. The first kappa shape index (κ1) is 26.3. The SMILES string of the molecule is N#Cc1ccc(CN2CCC(CCC(=O)c3ccc4c(c3)CN(Cc3ccc(F)cc3)CCC4)CC2)cc1. The molecule has 0 atom stereocenters. The minimum atomic E-state index is -0.202. The van der Waals surface area contributed by atoms with Crippen molar-refractivity contribution >= 4 is 5.78 Å². The van der Waals surface area contributed by atoms with Crippen molar-refractivity contribution in [2.24, 2.45) is 5.92 Å². The topological polar surface area (TPSA) is 47.3 Å². The Hall–Kier alpha value is -3.33. The third kappa shape index (κ3) is 6.95. The Kier molecular flexibility index (Phi) is 8.63. The van der Waals surface area contributed by atoms with Gasteiger partial charge in [0, 0.05) is 31.6 Å². The van der Waals surface area contributed by atoms with Crippen LogP contribution in [-0.4, -0.2) is 35.2 Å². The highest BCUT2D eigenvalue weighted by Gasteiger charge is 2.21. The monoisotopic (exact) mass is 509 g/mol. The van der Waals surface area contributed by atoms with E-state index in [0.717, 1.165) is 82.5 Å². The average Bonchev–Trinajstić information content (AvgIpc) is 3.15. The molecule has 0 amide bonds. The van der Waals surface area contributed by atoms with Gasteiger partial charge in [-0.05, 0) is 110 Å². The Balaban J connectivity index is 1.11. The number of Topliss-reactive ketones (excluding diaryl/α,β-unsaturated/α-hetero) is 1. The van der Waals surface area contributed by atoms with Gasteiger partial charge in [0.1, 0.15) is 5.82 Å². The van der Waals surface area contributed by atoms with Crippen LogP contribution in [0.3, 0.4) is 0 Å². The number of halogens is 1. The molecule has 1 saturated heterocycles. The number of fused-ring (bicyclic) bond motifs is 1. The van der Waals surface area contributed by atoms with Crippen molar-refractivity contribution in [3.8, 4) is 6.07 Å². The van der Waals surface area contributed by atoms with E-state index in [1.807, 2.05) is 42.5 Å². The van der Waals surface area contributed by atoms with Gasteiger partial charge in [-0.3, -0.25) is 14.6 Å². The van der Waals surface area contributed by atoms with Crippen molar-refractivity contribution in [2.45, 2.75) is 58.2 Å². The second-order valence-electron chi connectivity index (χ2n) is 10.9. The van der Waals surface area contributed by atoms with E-state index in [2.05, 4.69) is 28.0 Å². The quantitative estimate of drug-likeness (QED) is 0.324. The first-order chi connectivity index (χ1) is 18.6. The minimum absolute atomic E-state index is 0.202. The summed E-state index contributed by atoms with van der Waals surface area (Å²) in [5.74, 6) is 0.650. The summed E-state index contributed by atoms with van der Waals surface area (Å²) in [5.41, 5.74) is 6.51. The second kappa shape index (κ2) is 12.5. The summed E-state index contributed by atoms with van der Waals surface area (Å²) in [6.07, 6.45) is 5.95. The van der Waals surface area contributed by atoms with E-state index >= 15 is 0 Å².